The third-order valence-corrected chi connectivity index (χ3v) is 4.54. The average molecular weight is 341 g/mol. The normalized spacial score (nSPS) is 22.2. The molecule has 0 aromatic heterocycles. The van der Waals surface area contributed by atoms with E-state index in [-0.39, 0.29) is 10.8 Å². The van der Waals surface area contributed by atoms with Gasteiger partial charge in [0.1, 0.15) is 0 Å². The minimum atomic E-state index is 0.0502. The van der Waals surface area contributed by atoms with Gasteiger partial charge in [-0.2, -0.15) is 0 Å². The summed E-state index contributed by atoms with van der Waals surface area (Å²) in [6, 6.07) is 0. The van der Waals surface area contributed by atoms with Crippen molar-refractivity contribution in [3.8, 4) is 0 Å². The van der Waals surface area contributed by atoms with Crippen LogP contribution in [0.5, 0.6) is 0 Å². The van der Waals surface area contributed by atoms with Gasteiger partial charge in [0.15, 0.2) is 0 Å². The van der Waals surface area contributed by atoms with Crippen molar-refractivity contribution in [1.82, 2.24) is 4.90 Å². The van der Waals surface area contributed by atoms with Gasteiger partial charge in [-0.3, -0.25) is 0 Å². The Hall–Kier alpha value is -2.76. The standard InChI is InChI=1S/C25H27N/c1-24(2)17-9-13-22(15-19-24)26(21-11-7-5-6-8-12-21)23-14-10-18-25(3,4)20-16-23/h5,7-20H,1-4H3. The van der Waals surface area contributed by atoms with Crippen LogP contribution in [0.1, 0.15) is 27.7 Å². The molecule has 0 N–H and O–H groups in total. The maximum absolute atomic E-state index is 3.15. The molecular weight excluding hydrogens is 314 g/mol. The summed E-state index contributed by atoms with van der Waals surface area (Å²) in [6.07, 6.45) is 32.2. The molecule has 132 valence electrons. The first kappa shape index (κ1) is 18.0. The van der Waals surface area contributed by atoms with Crippen LogP contribution in [-0.4, -0.2) is 4.90 Å². The highest BCUT2D eigenvalue weighted by Gasteiger charge is 2.19. The van der Waals surface area contributed by atoms with Gasteiger partial charge in [-0.05, 0) is 48.6 Å². The van der Waals surface area contributed by atoms with E-state index >= 15 is 0 Å². The number of nitrogens with zero attached hydrogens (tertiary/aromatic N) is 1. The van der Waals surface area contributed by atoms with E-state index in [0.29, 0.717) is 0 Å². The monoisotopic (exact) mass is 341 g/mol. The molecule has 1 heteroatoms. The Bertz CT molecular complexity index is 817. The molecule has 3 aliphatic carbocycles. The Morgan fingerprint density at radius 3 is 1.73 bits per heavy atom. The van der Waals surface area contributed by atoms with Gasteiger partial charge >= 0.3 is 0 Å². The van der Waals surface area contributed by atoms with Crippen molar-refractivity contribution in [3.05, 3.63) is 114 Å². The Morgan fingerprint density at radius 2 is 1.15 bits per heavy atom. The van der Waals surface area contributed by atoms with E-state index < -0.39 is 0 Å². The summed E-state index contributed by atoms with van der Waals surface area (Å²) >= 11 is 0. The van der Waals surface area contributed by atoms with Crippen LogP contribution in [-0.2, 0) is 0 Å². The molecule has 0 bridgehead atoms. The number of allylic oxidation sites excluding steroid dienone is 14. The largest absolute Gasteiger partial charge is 0.311 e. The first-order valence-electron chi connectivity index (χ1n) is 9.13. The molecule has 0 spiro atoms. The maximum atomic E-state index is 3.15. The zero-order valence-electron chi connectivity index (χ0n) is 16.1. The van der Waals surface area contributed by atoms with Crippen molar-refractivity contribution in [2.75, 3.05) is 0 Å². The van der Waals surface area contributed by atoms with Gasteiger partial charge in [0.05, 0.1) is 0 Å². The number of hydrogen-bond acceptors (Lipinski definition) is 1. The van der Waals surface area contributed by atoms with Gasteiger partial charge in [0.2, 0.25) is 0 Å². The van der Waals surface area contributed by atoms with Crippen molar-refractivity contribution in [2.24, 2.45) is 10.8 Å². The molecule has 0 fully saturated rings. The molecule has 1 nitrogen and oxygen atoms in total. The average Bonchev–Trinajstić information content (AvgIpc) is 3.00. The molecule has 0 saturated heterocycles. The number of rotatable bonds is 3. The fourth-order valence-corrected chi connectivity index (χ4v) is 2.95. The summed E-state index contributed by atoms with van der Waals surface area (Å²) in [5, 5.41) is 0. The summed E-state index contributed by atoms with van der Waals surface area (Å²) < 4.78 is 0. The van der Waals surface area contributed by atoms with Gasteiger partial charge in [-0.25, -0.2) is 0 Å². The lowest BCUT2D eigenvalue weighted by atomic mass is 9.93. The van der Waals surface area contributed by atoms with E-state index in [1.165, 1.54) is 0 Å². The second kappa shape index (κ2) is 7.23. The molecule has 0 unspecified atom stereocenters. The SMILES string of the molecule is CC1(C)C=CC=C(N(C2=CC=C=CC=C2)C2=CC=CC(C)(C)C=C2)C=C1. The first-order valence-corrected chi connectivity index (χ1v) is 9.13. The van der Waals surface area contributed by atoms with Crippen molar-refractivity contribution >= 4 is 0 Å². The van der Waals surface area contributed by atoms with Crippen LogP contribution in [0.2, 0.25) is 0 Å². The van der Waals surface area contributed by atoms with E-state index in [4.69, 9.17) is 0 Å². The zero-order chi connectivity index (χ0) is 18.6. The van der Waals surface area contributed by atoms with Gasteiger partial charge in [0, 0.05) is 27.9 Å². The van der Waals surface area contributed by atoms with Gasteiger partial charge in [-0.1, -0.05) is 70.2 Å². The summed E-state index contributed by atoms with van der Waals surface area (Å²) in [4.78, 5) is 2.29. The van der Waals surface area contributed by atoms with E-state index in [0.717, 1.165) is 17.1 Å². The summed E-state index contributed by atoms with van der Waals surface area (Å²) in [6.45, 7) is 8.87. The molecule has 0 atom stereocenters. The van der Waals surface area contributed by atoms with Crippen LogP contribution in [0, 0.1) is 10.8 Å². The van der Waals surface area contributed by atoms with Gasteiger partial charge < -0.3 is 4.90 Å². The van der Waals surface area contributed by atoms with E-state index in [1.807, 2.05) is 18.2 Å². The Balaban J connectivity index is 2.07. The van der Waals surface area contributed by atoms with Crippen molar-refractivity contribution in [1.29, 1.82) is 0 Å². The lowest BCUT2D eigenvalue weighted by Crippen LogP contribution is -2.19. The molecule has 0 heterocycles. The van der Waals surface area contributed by atoms with Crippen molar-refractivity contribution in [2.45, 2.75) is 27.7 Å². The summed E-state index contributed by atoms with van der Waals surface area (Å²) in [5.41, 5.74) is 6.64. The zero-order valence-corrected chi connectivity index (χ0v) is 16.1. The molecule has 3 rings (SSSR count). The van der Waals surface area contributed by atoms with Crippen LogP contribution in [0.25, 0.3) is 0 Å². The maximum Gasteiger partial charge on any atom is 0.0467 e. The fraction of sp³-hybridized carbons (Fsp3) is 0.240. The Morgan fingerprint density at radius 1 is 0.615 bits per heavy atom. The summed E-state index contributed by atoms with van der Waals surface area (Å²) in [7, 11) is 0. The van der Waals surface area contributed by atoms with Crippen LogP contribution < -0.4 is 0 Å². The molecule has 26 heavy (non-hydrogen) atoms. The molecule has 0 aliphatic heterocycles. The predicted octanol–water partition coefficient (Wildman–Crippen LogP) is 6.53. The van der Waals surface area contributed by atoms with Crippen LogP contribution in [0.4, 0.5) is 0 Å². The lowest BCUT2D eigenvalue weighted by molar-refractivity contribution is 0.571. The van der Waals surface area contributed by atoms with Gasteiger partial charge in [0.25, 0.3) is 0 Å². The second-order valence-electron chi connectivity index (χ2n) is 8.00. The molecule has 0 aromatic carbocycles. The third-order valence-electron chi connectivity index (χ3n) is 4.54. The van der Waals surface area contributed by atoms with Crippen LogP contribution in [0.3, 0.4) is 0 Å². The van der Waals surface area contributed by atoms with E-state index in [2.05, 4.69) is 111 Å². The molecule has 3 aliphatic rings. The third kappa shape index (κ3) is 4.45. The number of hydrogen-bond donors (Lipinski definition) is 0. The smallest absolute Gasteiger partial charge is 0.0467 e. The van der Waals surface area contributed by atoms with Crippen molar-refractivity contribution in [3.63, 3.8) is 0 Å². The topological polar surface area (TPSA) is 3.24 Å². The quantitative estimate of drug-likeness (QED) is 0.528. The Labute approximate surface area is 157 Å². The van der Waals surface area contributed by atoms with Crippen molar-refractivity contribution < 1.29 is 0 Å². The molecule has 0 radical (unpaired) electrons. The minimum Gasteiger partial charge on any atom is -0.311 e. The van der Waals surface area contributed by atoms with E-state index in [1.54, 1.807) is 0 Å². The van der Waals surface area contributed by atoms with Crippen LogP contribution in [0.15, 0.2) is 114 Å². The lowest BCUT2D eigenvalue weighted by Gasteiger charge is -2.28. The second-order valence-corrected chi connectivity index (χ2v) is 8.00. The highest BCUT2D eigenvalue weighted by Crippen LogP contribution is 2.31. The minimum absolute atomic E-state index is 0.0502. The Kier molecular flexibility index (Phi) is 5.02. The summed E-state index contributed by atoms with van der Waals surface area (Å²) in [5.74, 6) is 0. The molecule has 0 aromatic rings. The van der Waals surface area contributed by atoms with Gasteiger partial charge in [-0.15, -0.1) is 5.73 Å². The predicted molar refractivity (Wildman–Crippen MR) is 112 cm³/mol. The molecule has 0 amide bonds. The van der Waals surface area contributed by atoms with Crippen LogP contribution >= 0.6 is 0 Å². The highest BCUT2D eigenvalue weighted by atomic mass is 15.2. The highest BCUT2D eigenvalue weighted by molar-refractivity contribution is 5.45. The first-order chi connectivity index (χ1) is 12.4. The molecule has 0 saturated carbocycles. The molecular formula is C25H27N. The fourth-order valence-electron chi connectivity index (χ4n) is 2.95. The van der Waals surface area contributed by atoms with E-state index in [9.17, 15) is 0 Å².